The number of thiophene rings is 1. The molecule has 142 valence electrons. The van der Waals surface area contributed by atoms with Crippen LogP contribution in [-0.4, -0.2) is 22.1 Å². The van der Waals surface area contributed by atoms with Crippen molar-refractivity contribution in [3.05, 3.63) is 75.7 Å². The molecule has 0 atom stereocenters. The summed E-state index contributed by atoms with van der Waals surface area (Å²) in [5.41, 5.74) is 1.37. The minimum atomic E-state index is -0.376. The third kappa shape index (κ3) is 3.55. The molecule has 0 fully saturated rings. The molecular formula is C20H11FN4OS3. The van der Waals surface area contributed by atoms with Crippen molar-refractivity contribution in [2.24, 2.45) is 5.10 Å². The van der Waals surface area contributed by atoms with Gasteiger partial charge in [-0.1, -0.05) is 29.5 Å². The van der Waals surface area contributed by atoms with Crippen molar-refractivity contribution in [1.29, 1.82) is 0 Å². The van der Waals surface area contributed by atoms with Gasteiger partial charge in [0.2, 0.25) is 5.13 Å². The van der Waals surface area contributed by atoms with E-state index in [0.29, 0.717) is 20.4 Å². The van der Waals surface area contributed by atoms with Gasteiger partial charge in [-0.05, 0) is 41.8 Å². The Morgan fingerprint density at radius 1 is 1.00 bits per heavy atom. The molecular weight excluding hydrogens is 427 g/mol. The van der Waals surface area contributed by atoms with Crippen LogP contribution in [0.4, 0.5) is 9.52 Å². The first-order chi connectivity index (χ1) is 14.2. The molecule has 0 saturated carbocycles. The first-order valence-electron chi connectivity index (χ1n) is 8.51. The first-order valence-corrected chi connectivity index (χ1v) is 11.0. The van der Waals surface area contributed by atoms with E-state index >= 15 is 0 Å². The molecule has 5 rings (SSSR count). The average molecular weight is 439 g/mol. The van der Waals surface area contributed by atoms with E-state index in [4.69, 9.17) is 0 Å². The molecule has 0 radical (unpaired) electrons. The average Bonchev–Trinajstić information content (AvgIpc) is 3.46. The zero-order chi connectivity index (χ0) is 19.8. The number of hydrazone groups is 1. The number of anilines is 1. The molecule has 0 unspecified atom stereocenters. The predicted molar refractivity (Wildman–Crippen MR) is 118 cm³/mol. The second-order valence-corrected chi connectivity index (χ2v) is 8.99. The highest BCUT2D eigenvalue weighted by molar-refractivity contribution is 7.23. The number of thiazole rings is 2. The predicted octanol–water partition coefficient (Wildman–Crippen LogP) is 5.79. The summed E-state index contributed by atoms with van der Waals surface area (Å²) in [6.07, 6.45) is 1.61. The van der Waals surface area contributed by atoms with Crippen molar-refractivity contribution >= 4 is 71.7 Å². The molecule has 3 heterocycles. The molecule has 0 bridgehead atoms. The molecule has 0 aliphatic carbocycles. The molecule has 5 nitrogen and oxygen atoms in total. The molecule has 29 heavy (non-hydrogen) atoms. The Kier molecular flexibility index (Phi) is 4.62. The van der Waals surface area contributed by atoms with Gasteiger partial charge in [0.15, 0.2) is 5.01 Å². The molecule has 0 N–H and O–H groups in total. The van der Waals surface area contributed by atoms with Crippen LogP contribution in [0.25, 0.3) is 20.4 Å². The van der Waals surface area contributed by atoms with Gasteiger partial charge in [0.25, 0.3) is 0 Å². The van der Waals surface area contributed by atoms with Crippen LogP contribution in [0.1, 0.15) is 14.7 Å². The number of rotatable bonds is 4. The molecule has 0 spiro atoms. The van der Waals surface area contributed by atoms with E-state index in [1.165, 1.54) is 51.2 Å². The monoisotopic (exact) mass is 438 g/mol. The summed E-state index contributed by atoms with van der Waals surface area (Å²) < 4.78 is 15.2. The minimum absolute atomic E-state index is 0.319. The molecule has 5 aromatic rings. The summed E-state index contributed by atoms with van der Waals surface area (Å²) in [6, 6.07) is 15.7. The summed E-state index contributed by atoms with van der Waals surface area (Å²) in [6.45, 7) is 0. The Morgan fingerprint density at radius 3 is 2.69 bits per heavy atom. The topological polar surface area (TPSA) is 58.5 Å². The Balaban J connectivity index is 1.59. The van der Waals surface area contributed by atoms with Gasteiger partial charge in [0.1, 0.15) is 5.82 Å². The Bertz CT molecular complexity index is 1320. The van der Waals surface area contributed by atoms with Crippen molar-refractivity contribution < 1.29 is 9.18 Å². The number of halogens is 1. The van der Waals surface area contributed by atoms with Gasteiger partial charge < -0.3 is 0 Å². The number of carbonyl (C=O) groups is 1. The van der Waals surface area contributed by atoms with Crippen molar-refractivity contribution in [3.63, 3.8) is 0 Å². The number of hydrogen-bond acceptors (Lipinski definition) is 7. The second-order valence-electron chi connectivity index (χ2n) is 5.97. The fraction of sp³-hybridized carbons (Fsp3) is 0. The number of nitrogens with zero attached hydrogens (tertiary/aromatic N) is 4. The van der Waals surface area contributed by atoms with Gasteiger partial charge >= 0.3 is 5.91 Å². The highest BCUT2D eigenvalue weighted by Crippen LogP contribution is 2.32. The standard InChI is InChI=1S/C20H11FN4OS3/c21-12-7-8-15-17(10-12)29-20(24-15)25(22-11-13-4-3-9-27-13)19(26)18-23-14-5-1-2-6-16(14)28-18/h1-11H/b22-11+. The van der Waals surface area contributed by atoms with Gasteiger partial charge in [0, 0.05) is 4.88 Å². The zero-order valence-corrected chi connectivity index (χ0v) is 17.1. The molecule has 9 heteroatoms. The number of fused-ring (bicyclic) bond motifs is 2. The molecule has 0 aliphatic rings. The smallest absolute Gasteiger partial charge is 0.264 e. The van der Waals surface area contributed by atoms with Crippen LogP contribution < -0.4 is 5.01 Å². The van der Waals surface area contributed by atoms with Crippen LogP contribution in [0.5, 0.6) is 0 Å². The summed E-state index contributed by atoms with van der Waals surface area (Å²) >= 11 is 4.02. The normalized spacial score (nSPS) is 11.6. The molecule has 1 amide bonds. The summed E-state index contributed by atoms with van der Waals surface area (Å²) in [7, 11) is 0. The van der Waals surface area contributed by atoms with Crippen molar-refractivity contribution in [1.82, 2.24) is 9.97 Å². The molecule has 2 aromatic carbocycles. The lowest BCUT2D eigenvalue weighted by Gasteiger charge is -2.11. The highest BCUT2D eigenvalue weighted by atomic mass is 32.1. The van der Waals surface area contributed by atoms with E-state index < -0.39 is 0 Å². The fourth-order valence-electron chi connectivity index (χ4n) is 2.70. The Hall–Kier alpha value is -3.01. The van der Waals surface area contributed by atoms with Crippen molar-refractivity contribution in [3.8, 4) is 0 Å². The van der Waals surface area contributed by atoms with Crippen molar-refractivity contribution in [2.75, 3.05) is 5.01 Å². The zero-order valence-electron chi connectivity index (χ0n) is 14.7. The number of benzene rings is 2. The molecule has 0 aliphatic heterocycles. The summed E-state index contributed by atoms with van der Waals surface area (Å²) in [4.78, 5) is 23.1. The number of hydrogen-bond donors (Lipinski definition) is 0. The maximum absolute atomic E-state index is 13.6. The van der Waals surface area contributed by atoms with Crippen LogP contribution >= 0.6 is 34.0 Å². The van der Waals surface area contributed by atoms with Crippen molar-refractivity contribution in [2.45, 2.75) is 0 Å². The van der Waals surface area contributed by atoms with Gasteiger partial charge in [-0.25, -0.2) is 14.4 Å². The minimum Gasteiger partial charge on any atom is -0.264 e. The van der Waals surface area contributed by atoms with Gasteiger partial charge in [-0.2, -0.15) is 10.1 Å². The lowest BCUT2D eigenvalue weighted by Crippen LogP contribution is -2.25. The number of amides is 1. The van der Waals surface area contributed by atoms with Crippen LogP contribution in [0.2, 0.25) is 0 Å². The van der Waals surface area contributed by atoms with Crippen LogP contribution in [-0.2, 0) is 0 Å². The van der Waals surface area contributed by atoms with Gasteiger partial charge in [-0.3, -0.25) is 4.79 Å². The molecule has 3 aromatic heterocycles. The van der Waals surface area contributed by atoms with Gasteiger partial charge in [0.05, 0.1) is 26.6 Å². The lowest BCUT2D eigenvalue weighted by molar-refractivity contribution is 0.0987. The molecule has 0 saturated heterocycles. The Morgan fingerprint density at radius 2 is 1.86 bits per heavy atom. The quantitative estimate of drug-likeness (QED) is 0.264. The van der Waals surface area contributed by atoms with E-state index in [0.717, 1.165) is 15.1 Å². The maximum Gasteiger partial charge on any atom is 0.309 e. The third-order valence-electron chi connectivity index (χ3n) is 4.03. The second kappa shape index (κ2) is 7.43. The van der Waals surface area contributed by atoms with Gasteiger partial charge in [-0.15, -0.1) is 22.7 Å². The van der Waals surface area contributed by atoms with E-state index in [2.05, 4.69) is 15.1 Å². The SMILES string of the molecule is O=C(c1nc2ccccc2s1)N(/N=C/c1cccs1)c1nc2ccc(F)cc2s1. The Labute approximate surface area is 176 Å². The van der Waals surface area contributed by atoms with Crippen LogP contribution in [0.15, 0.2) is 65.1 Å². The van der Waals surface area contributed by atoms with E-state index in [-0.39, 0.29) is 11.7 Å². The summed E-state index contributed by atoms with van der Waals surface area (Å²) in [5.74, 6) is -0.725. The number of carbonyl (C=O) groups excluding carboxylic acids is 1. The lowest BCUT2D eigenvalue weighted by atomic mass is 10.3. The van der Waals surface area contributed by atoms with E-state index in [9.17, 15) is 9.18 Å². The van der Waals surface area contributed by atoms with Crippen LogP contribution in [0, 0.1) is 5.82 Å². The fourth-order valence-corrected chi connectivity index (χ4v) is 5.12. The first kappa shape index (κ1) is 18.0. The number of aromatic nitrogens is 2. The van der Waals surface area contributed by atoms with E-state index in [1.54, 1.807) is 12.3 Å². The number of para-hydroxylation sites is 1. The maximum atomic E-state index is 13.6. The van der Waals surface area contributed by atoms with Crippen LogP contribution in [0.3, 0.4) is 0 Å². The third-order valence-corrected chi connectivity index (χ3v) is 6.86. The largest absolute Gasteiger partial charge is 0.309 e. The summed E-state index contributed by atoms with van der Waals surface area (Å²) in [5, 5.41) is 8.24. The van der Waals surface area contributed by atoms with E-state index in [1.807, 2.05) is 41.8 Å². The highest BCUT2D eigenvalue weighted by Gasteiger charge is 2.24.